The fraction of sp³-hybridized carbons (Fsp3) is 0. The minimum atomic E-state index is -0.339. The van der Waals surface area contributed by atoms with Crippen molar-refractivity contribution in [1.82, 2.24) is 4.57 Å². The summed E-state index contributed by atoms with van der Waals surface area (Å²) in [5.74, 6) is 2.40. The number of benzene rings is 9. The van der Waals surface area contributed by atoms with Gasteiger partial charge in [0.05, 0.1) is 22.1 Å². The number of para-hydroxylation sites is 6. The zero-order valence-corrected chi connectivity index (χ0v) is 32.0. The minimum Gasteiger partial charge on any atom is -0.551 e. The van der Waals surface area contributed by atoms with Crippen molar-refractivity contribution in [3.8, 4) is 56.3 Å². The van der Waals surface area contributed by atoms with Gasteiger partial charge in [0.2, 0.25) is 0 Å². The highest BCUT2D eigenvalue weighted by atomic mass is 16.5. The maximum Gasteiger partial charge on any atom is 0.434 e. The minimum absolute atomic E-state index is 0.339. The Balaban J connectivity index is 0.955. The molecule has 0 fully saturated rings. The van der Waals surface area contributed by atoms with Crippen molar-refractivity contribution >= 4 is 83.5 Å². The van der Waals surface area contributed by atoms with E-state index in [1.165, 1.54) is 21.8 Å². The number of furan rings is 2. The molecule has 5 nitrogen and oxygen atoms in total. The first kappa shape index (κ1) is 32.1. The van der Waals surface area contributed by atoms with E-state index in [-0.39, 0.29) is 6.92 Å². The van der Waals surface area contributed by atoms with Gasteiger partial charge >= 0.3 is 6.92 Å². The highest BCUT2D eigenvalue weighted by molar-refractivity contribution is 6.84. The Bertz CT molecular complexity index is 3760. The summed E-state index contributed by atoms with van der Waals surface area (Å²) in [6.07, 6.45) is 0. The molecule has 0 saturated carbocycles. The molecule has 14 rings (SSSR count). The predicted octanol–water partition coefficient (Wildman–Crippen LogP) is 13.2. The zero-order chi connectivity index (χ0) is 39.1. The first-order valence-electron chi connectivity index (χ1n) is 20.3. The molecule has 2 aliphatic rings. The molecular weight excluding hydrogens is 737 g/mol. The second kappa shape index (κ2) is 11.8. The maximum absolute atomic E-state index is 7.07. The summed E-state index contributed by atoms with van der Waals surface area (Å²) < 4.78 is 29.5. The van der Waals surface area contributed by atoms with Crippen LogP contribution in [-0.4, -0.2) is 11.5 Å². The summed E-state index contributed by atoms with van der Waals surface area (Å²) in [7, 11) is 0. The van der Waals surface area contributed by atoms with Crippen LogP contribution in [0.3, 0.4) is 0 Å². The molecule has 3 aromatic heterocycles. The molecule has 0 unspecified atom stereocenters. The van der Waals surface area contributed by atoms with Crippen molar-refractivity contribution in [1.29, 1.82) is 0 Å². The molecule has 6 heteroatoms. The van der Waals surface area contributed by atoms with Crippen LogP contribution in [-0.2, 0) is 0 Å². The van der Waals surface area contributed by atoms with Gasteiger partial charge in [-0.2, -0.15) is 0 Å². The lowest BCUT2D eigenvalue weighted by Gasteiger charge is -2.33. The topological polar surface area (TPSA) is 49.7 Å². The number of fused-ring (bicyclic) bond motifs is 14. The second-order valence-corrected chi connectivity index (χ2v) is 15.9. The van der Waals surface area contributed by atoms with E-state index < -0.39 is 0 Å². The van der Waals surface area contributed by atoms with Gasteiger partial charge in [-0.05, 0) is 77.4 Å². The second-order valence-electron chi connectivity index (χ2n) is 15.9. The van der Waals surface area contributed by atoms with Crippen molar-refractivity contribution < 1.29 is 18.2 Å². The molecule has 0 bridgehead atoms. The maximum atomic E-state index is 7.07. The van der Waals surface area contributed by atoms with Gasteiger partial charge in [-0.25, -0.2) is 0 Å². The van der Waals surface area contributed by atoms with Crippen LogP contribution in [0.2, 0.25) is 0 Å². The molecule has 0 aliphatic carbocycles. The van der Waals surface area contributed by atoms with Crippen molar-refractivity contribution in [2.24, 2.45) is 0 Å². The number of hydrogen-bond acceptors (Lipinski definition) is 4. The van der Waals surface area contributed by atoms with E-state index in [0.29, 0.717) is 0 Å². The molecule has 12 aromatic rings. The molecule has 2 aliphatic heterocycles. The molecular formula is C54H30BNO4. The van der Waals surface area contributed by atoms with E-state index in [9.17, 15) is 0 Å². The molecule has 9 aromatic carbocycles. The number of nitrogens with zero attached hydrogens (tertiary/aromatic N) is 1. The van der Waals surface area contributed by atoms with Crippen molar-refractivity contribution in [2.45, 2.75) is 0 Å². The lowest BCUT2D eigenvalue weighted by molar-refractivity contribution is 0.480. The van der Waals surface area contributed by atoms with Crippen LogP contribution in [0.5, 0.6) is 17.2 Å². The summed E-state index contributed by atoms with van der Waals surface area (Å²) in [6.45, 7) is -0.339. The molecule has 0 spiro atoms. The summed E-state index contributed by atoms with van der Waals surface area (Å²) in [5, 5.41) is 6.62. The molecule has 0 atom stereocenters. The van der Waals surface area contributed by atoms with Gasteiger partial charge in [0.25, 0.3) is 0 Å². The third-order valence-electron chi connectivity index (χ3n) is 12.7. The Kier molecular flexibility index (Phi) is 6.31. The molecule has 60 heavy (non-hydrogen) atoms. The molecule has 278 valence electrons. The quantitative estimate of drug-likeness (QED) is 0.168. The van der Waals surface area contributed by atoms with Crippen LogP contribution in [0.25, 0.3) is 105 Å². The van der Waals surface area contributed by atoms with E-state index in [1.807, 2.05) is 24.3 Å². The van der Waals surface area contributed by atoms with Gasteiger partial charge in [-0.15, -0.1) is 0 Å². The van der Waals surface area contributed by atoms with Gasteiger partial charge in [0.1, 0.15) is 39.6 Å². The molecule has 0 amide bonds. The molecule has 0 N–H and O–H groups in total. The SMILES string of the molecule is c1ccc2c(c1)OB1c3ccc(-c4ccccc4-n4c5ccccc5c5ccccc54)cc3Oc3cc(-c4cccc5c4oc4c5ccc5oc6ccccc6c54)cc-2c31. The van der Waals surface area contributed by atoms with Gasteiger partial charge in [-0.3, -0.25) is 0 Å². The monoisotopic (exact) mass is 767 g/mol. The van der Waals surface area contributed by atoms with E-state index in [1.54, 1.807) is 0 Å². The Morgan fingerprint density at radius 1 is 0.400 bits per heavy atom. The van der Waals surface area contributed by atoms with Crippen molar-refractivity contribution in [3.05, 3.63) is 182 Å². The number of hydrogen-bond donors (Lipinski definition) is 0. The van der Waals surface area contributed by atoms with E-state index in [0.717, 1.165) is 111 Å². The Morgan fingerprint density at radius 3 is 1.95 bits per heavy atom. The smallest absolute Gasteiger partial charge is 0.434 e. The van der Waals surface area contributed by atoms with Crippen molar-refractivity contribution in [3.63, 3.8) is 0 Å². The summed E-state index contributed by atoms with van der Waals surface area (Å²) >= 11 is 0. The summed E-state index contributed by atoms with van der Waals surface area (Å²) in [5.41, 5.74) is 15.1. The molecule has 0 saturated heterocycles. The Labute approximate surface area is 343 Å². The number of ether oxygens (including phenoxy) is 1. The Hall–Kier alpha value is -7.96. The number of rotatable bonds is 3. The van der Waals surface area contributed by atoms with Crippen LogP contribution >= 0.6 is 0 Å². The number of aromatic nitrogens is 1. The van der Waals surface area contributed by atoms with Crippen molar-refractivity contribution in [2.75, 3.05) is 0 Å². The average Bonchev–Trinajstić information content (AvgIpc) is 3.98. The van der Waals surface area contributed by atoms with Crippen LogP contribution < -0.4 is 20.3 Å². The first-order chi connectivity index (χ1) is 29.7. The lowest BCUT2D eigenvalue weighted by Crippen LogP contribution is -2.53. The van der Waals surface area contributed by atoms with E-state index in [4.69, 9.17) is 18.2 Å². The standard InChI is InChI=1S/C54H30BNO4/c1-6-19-43(56-44-20-7-2-13-35(44)36-14-3-8-21-45(36)56)33(12-1)31-24-26-42-49(29-31)58-50-30-32(28-41-37-15-4-10-23-47(37)60-55(42)52(41)50)34-17-11-18-38-39-25-27-48-51(54(39)59-53(34)38)40-16-5-9-22-46(40)57-48/h1-30H. The van der Waals surface area contributed by atoms with Crippen LogP contribution in [0.4, 0.5) is 0 Å². The first-order valence-corrected chi connectivity index (χ1v) is 20.3. The summed E-state index contributed by atoms with van der Waals surface area (Å²) in [4.78, 5) is 0. The fourth-order valence-electron chi connectivity index (χ4n) is 10.1. The molecule has 5 heterocycles. The average molecular weight is 768 g/mol. The molecule has 0 radical (unpaired) electrons. The van der Waals surface area contributed by atoms with E-state index >= 15 is 0 Å². The van der Waals surface area contributed by atoms with Crippen LogP contribution in [0.1, 0.15) is 0 Å². The van der Waals surface area contributed by atoms with Gasteiger partial charge in [-0.1, -0.05) is 121 Å². The van der Waals surface area contributed by atoms with Crippen LogP contribution in [0.15, 0.2) is 191 Å². The fourth-order valence-corrected chi connectivity index (χ4v) is 10.1. The van der Waals surface area contributed by atoms with Gasteiger partial charge in [0.15, 0.2) is 0 Å². The van der Waals surface area contributed by atoms with Gasteiger partial charge < -0.3 is 22.8 Å². The van der Waals surface area contributed by atoms with E-state index in [2.05, 4.69) is 162 Å². The lowest BCUT2D eigenvalue weighted by atomic mass is 9.50. The van der Waals surface area contributed by atoms with Crippen LogP contribution in [0, 0.1) is 0 Å². The third-order valence-corrected chi connectivity index (χ3v) is 12.7. The largest absolute Gasteiger partial charge is 0.551 e. The normalized spacial score (nSPS) is 12.9. The predicted molar refractivity (Wildman–Crippen MR) is 244 cm³/mol. The third kappa shape index (κ3) is 4.31. The summed E-state index contributed by atoms with van der Waals surface area (Å²) in [6, 6.07) is 64.0. The highest BCUT2D eigenvalue weighted by Gasteiger charge is 2.41. The highest BCUT2D eigenvalue weighted by Crippen LogP contribution is 2.46. The zero-order valence-electron chi connectivity index (χ0n) is 32.0. The Morgan fingerprint density at radius 2 is 1.08 bits per heavy atom. The van der Waals surface area contributed by atoms with Gasteiger partial charge in [0, 0.05) is 54.5 Å².